The molecule has 0 bridgehead atoms. The van der Waals surface area contributed by atoms with Gasteiger partial charge < -0.3 is 9.30 Å². The van der Waals surface area contributed by atoms with Gasteiger partial charge in [0.05, 0.1) is 28.0 Å². The molecule has 29 heavy (non-hydrogen) atoms. The van der Waals surface area contributed by atoms with Gasteiger partial charge in [0.1, 0.15) is 6.54 Å². The number of hydrogen-bond donors (Lipinski definition) is 0. The van der Waals surface area contributed by atoms with Gasteiger partial charge in [0.15, 0.2) is 4.80 Å². The van der Waals surface area contributed by atoms with Crippen LogP contribution in [0.4, 0.5) is 5.69 Å². The Morgan fingerprint density at radius 3 is 2.62 bits per heavy atom. The van der Waals surface area contributed by atoms with Gasteiger partial charge in [-0.05, 0) is 25.1 Å². The maximum Gasteiger partial charge on any atom is 0.325 e. The summed E-state index contributed by atoms with van der Waals surface area (Å²) in [4.78, 5) is 40.2. The Hall–Kier alpha value is -2.98. The zero-order valence-corrected chi connectivity index (χ0v) is 17.3. The predicted molar refractivity (Wildman–Crippen MR) is 111 cm³/mol. The van der Waals surface area contributed by atoms with Crippen LogP contribution in [0.2, 0.25) is 0 Å². The number of aromatic nitrogens is 1. The lowest BCUT2D eigenvalue weighted by atomic mass is 10.2. The van der Waals surface area contributed by atoms with Crippen molar-refractivity contribution in [3.8, 4) is 0 Å². The first kappa shape index (κ1) is 20.7. The van der Waals surface area contributed by atoms with Crippen molar-refractivity contribution in [2.75, 3.05) is 12.9 Å². The lowest BCUT2D eigenvalue weighted by molar-refractivity contribution is -0.384. The standard InChI is InChI=1S/C19H17N3O5S2/c1-12-3-6-14(7-4-12)28-11-17(23)20-19-21(10-18(24)27-2)15-9-13(22(25)26)5-8-16(15)29-19/h3-9H,10-11H2,1-2H3. The zero-order chi connectivity index (χ0) is 21.0. The topological polar surface area (TPSA) is 104 Å². The molecule has 0 saturated heterocycles. The zero-order valence-electron chi connectivity index (χ0n) is 15.7. The summed E-state index contributed by atoms with van der Waals surface area (Å²) < 4.78 is 6.85. The molecule has 0 spiro atoms. The van der Waals surface area contributed by atoms with E-state index in [1.54, 1.807) is 6.07 Å². The van der Waals surface area contributed by atoms with E-state index in [1.165, 1.54) is 46.9 Å². The minimum Gasteiger partial charge on any atom is -0.468 e. The van der Waals surface area contributed by atoms with Crippen LogP contribution in [0, 0.1) is 17.0 Å². The first-order valence-corrected chi connectivity index (χ1v) is 10.3. The Bertz CT molecular complexity index is 1150. The van der Waals surface area contributed by atoms with E-state index in [4.69, 9.17) is 4.74 Å². The van der Waals surface area contributed by atoms with E-state index in [0.29, 0.717) is 15.0 Å². The fourth-order valence-corrected chi connectivity index (χ4v) is 4.23. The molecule has 150 valence electrons. The fraction of sp³-hybridized carbons (Fsp3) is 0.211. The number of thiazole rings is 1. The van der Waals surface area contributed by atoms with Crippen LogP contribution in [0.3, 0.4) is 0 Å². The number of benzene rings is 2. The van der Waals surface area contributed by atoms with Crippen molar-refractivity contribution in [3.63, 3.8) is 0 Å². The van der Waals surface area contributed by atoms with Crippen molar-refractivity contribution in [1.29, 1.82) is 0 Å². The molecule has 0 saturated carbocycles. The van der Waals surface area contributed by atoms with E-state index in [9.17, 15) is 19.7 Å². The van der Waals surface area contributed by atoms with Crippen LogP contribution in [-0.2, 0) is 20.9 Å². The number of carbonyl (C=O) groups excluding carboxylic acids is 2. The summed E-state index contributed by atoms with van der Waals surface area (Å²) in [5.41, 5.74) is 1.47. The van der Waals surface area contributed by atoms with Crippen LogP contribution in [0.25, 0.3) is 10.2 Å². The molecular formula is C19H17N3O5S2. The van der Waals surface area contributed by atoms with Gasteiger partial charge in [0, 0.05) is 17.0 Å². The summed E-state index contributed by atoms with van der Waals surface area (Å²) >= 11 is 2.55. The van der Waals surface area contributed by atoms with Crippen LogP contribution in [-0.4, -0.2) is 34.2 Å². The summed E-state index contributed by atoms with van der Waals surface area (Å²) in [7, 11) is 1.25. The summed E-state index contributed by atoms with van der Waals surface area (Å²) in [5, 5.41) is 11.1. The number of thioether (sulfide) groups is 1. The molecule has 0 aliphatic carbocycles. The lowest BCUT2D eigenvalue weighted by Gasteiger charge is -2.03. The predicted octanol–water partition coefficient (Wildman–Crippen LogP) is 3.31. The Balaban J connectivity index is 1.94. The van der Waals surface area contributed by atoms with E-state index < -0.39 is 10.9 Å². The Morgan fingerprint density at radius 2 is 1.97 bits per heavy atom. The van der Waals surface area contributed by atoms with E-state index in [-0.39, 0.29) is 23.9 Å². The van der Waals surface area contributed by atoms with Crippen LogP contribution in [0.15, 0.2) is 52.4 Å². The number of rotatable bonds is 6. The number of fused-ring (bicyclic) bond motifs is 1. The Labute approximate surface area is 174 Å². The molecule has 0 unspecified atom stereocenters. The van der Waals surface area contributed by atoms with Crippen LogP contribution in [0.1, 0.15) is 5.56 Å². The number of amides is 1. The van der Waals surface area contributed by atoms with Gasteiger partial charge in [0.2, 0.25) is 0 Å². The van der Waals surface area contributed by atoms with Crippen molar-refractivity contribution in [2.24, 2.45) is 4.99 Å². The molecule has 0 atom stereocenters. The molecule has 0 radical (unpaired) electrons. The highest BCUT2D eigenvalue weighted by Crippen LogP contribution is 2.23. The number of carbonyl (C=O) groups is 2. The van der Waals surface area contributed by atoms with Crippen molar-refractivity contribution in [2.45, 2.75) is 18.4 Å². The summed E-state index contributed by atoms with van der Waals surface area (Å²) in [6.45, 7) is 1.79. The van der Waals surface area contributed by atoms with Gasteiger partial charge in [-0.1, -0.05) is 29.0 Å². The molecule has 1 heterocycles. The third-order valence-corrected chi connectivity index (χ3v) is 6.05. The monoisotopic (exact) mass is 431 g/mol. The smallest absolute Gasteiger partial charge is 0.325 e. The molecule has 0 N–H and O–H groups in total. The van der Waals surface area contributed by atoms with E-state index in [2.05, 4.69) is 4.99 Å². The van der Waals surface area contributed by atoms with Crippen molar-refractivity contribution >= 4 is 50.9 Å². The molecule has 3 aromatic rings. The Kier molecular flexibility index (Phi) is 6.45. The van der Waals surface area contributed by atoms with Crippen LogP contribution >= 0.6 is 23.1 Å². The van der Waals surface area contributed by atoms with Crippen molar-refractivity contribution in [1.82, 2.24) is 4.57 Å². The molecule has 3 rings (SSSR count). The lowest BCUT2D eigenvalue weighted by Crippen LogP contribution is -2.22. The molecule has 10 heteroatoms. The van der Waals surface area contributed by atoms with Gasteiger partial charge in [-0.2, -0.15) is 4.99 Å². The third-order valence-electron chi connectivity index (χ3n) is 3.99. The van der Waals surface area contributed by atoms with Gasteiger partial charge in [-0.15, -0.1) is 11.8 Å². The van der Waals surface area contributed by atoms with Crippen LogP contribution in [0.5, 0.6) is 0 Å². The molecule has 1 aromatic heterocycles. The second-order valence-electron chi connectivity index (χ2n) is 6.06. The first-order valence-electron chi connectivity index (χ1n) is 8.49. The molecule has 8 nitrogen and oxygen atoms in total. The number of esters is 1. The maximum atomic E-state index is 12.4. The number of nitrogens with zero attached hydrogens (tertiary/aromatic N) is 3. The second-order valence-corrected chi connectivity index (χ2v) is 8.12. The molecule has 0 aliphatic heterocycles. The highest BCUT2D eigenvalue weighted by atomic mass is 32.2. The number of nitro benzene ring substituents is 1. The van der Waals surface area contributed by atoms with Gasteiger partial charge >= 0.3 is 5.97 Å². The number of non-ortho nitro benzene ring substituents is 1. The van der Waals surface area contributed by atoms with Crippen molar-refractivity contribution in [3.05, 3.63) is 62.9 Å². The first-order chi connectivity index (χ1) is 13.9. The highest BCUT2D eigenvalue weighted by Gasteiger charge is 2.15. The summed E-state index contributed by atoms with van der Waals surface area (Å²) in [5.74, 6) is -0.773. The van der Waals surface area contributed by atoms with Crippen molar-refractivity contribution < 1.29 is 19.2 Å². The Morgan fingerprint density at radius 1 is 1.24 bits per heavy atom. The second kappa shape index (κ2) is 9.01. The minimum absolute atomic E-state index is 0.110. The van der Waals surface area contributed by atoms with Crippen LogP contribution < -0.4 is 4.80 Å². The fourth-order valence-electron chi connectivity index (χ4n) is 2.52. The molecule has 2 aromatic carbocycles. The number of aryl methyl sites for hydroxylation is 1. The van der Waals surface area contributed by atoms with Gasteiger partial charge in [-0.25, -0.2) is 0 Å². The molecule has 0 fully saturated rings. The average molecular weight is 431 g/mol. The number of hydrogen-bond acceptors (Lipinski definition) is 7. The number of methoxy groups -OCH3 is 1. The number of ether oxygens (including phenoxy) is 1. The molecular weight excluding hydrogens is 414 g/mol. The normalized spacial score (nSPS) is 11.6. The van der Waals surface area contributed by atoms with Gasteiger partial charge in [0.25, 0.3) is 11.6 Å². The maximum absolute atomic E-state index is 12.4. The molecule has 0 aliphatic rings. The molecule has 1 amide bonds. The van der Waals surface area contributed by atoms with E-state index in [0.717, 1.165) is 10.5 Å². The number of nitro groups is 1. The van der Waals surface area contributed by atoms with Gasteiger partial charge in [-0.3, -0.25) is 19.7 Å². The largest absolute Gasteiger partial charge is 0.468 e. The SMILES string of the molecule is COC(=O)Cn1c(=NC(=O)CSc2ccc(C)cc2)sc2ccc([N+](=O)[O-])cc21. The minimum atomic E-state index is -0.542. The van der Waals surface area contributed by atoms with E-state index >= 15 is 0 Å². The highest BCUT2D eigenvalue weighted by molar-refractivity contribution is 8.00. The van der Waals surface area contributed by atoms with E-state index in [1.807, 2.05) is 31.2 Å². The summed E-state index contributed by atoms with van der Waals surface area (Å²) in [6, 6.07) is 12.1. The summed E-state index contributed by atoms with van der Waals surface area (Å²) in [6.07, 6.45) is 0. The average Bonchev–Trinajstić information content (AvgIpc) is 3.03. The quantitative estimate of drug-likeness (QED) is 0.257. The third kappa shape index (κ3) is 5.09.